The van der Waals surface area contributed by atoms with Crippen LogP contribution in [0, 0.1) is 5.92 Å². The lowest BCUT2D eigenvalue weighted by atomic mass is 10.4. The molecule has 1 N–H and O–H groups in total. The third kappa shape index (κ3) is 3.37. The predicted octanol–water partition coefficient (Wildman–Crippen LogP) is 2.33. The van der Waals surface area contributed by atoms with Crippen molar-refractivity contribution < 1.29 is 13.2 Å². The van der Waals surface area contributed by atoms with Crippen molar-refractivity contribution in [2.24, 2.45) is 5.92 Å². The van der Waals surface area contributed by atoms with Gasteiger partial charge in [0.25, 0.3) is 0 Å². The molecule has 1 atom stereocenters. The van der Waals surface area contributed by atoms with Crippen LogP contribution >= 0.6 is 23.2 Å². The monoisotopic (exact) mass is 221 g/mol. The first-order valence-corrected chi connectivity index (χ1v) is 4.22. The average Bonchev–Trinajstić information content (AvgIpc) is 2.36. The maximum absolute atomic E-state index is 11.6. The zero-order chi connectivity index (χ0) is 9.41. The van der Waals surface area contributed by atoms with Crippen LogP contribution in [0.4, 0.5) is 13.2 Å². The normalized spacial score (nSPS) is 27.2. The van der Waals surface area contributed by atoms with Crippen LogP contribution in [0.25, 0.3) is 0 Å². The second-order valence-electron chi connectivity index (χ2n) is 2.91. The minimum absolute atomic E-state index is 0.0387. The number of hydrogen-bond acceptors (Lipinski definition) is 1. The largest absolute Gasteiger partial charge is 0.401 e. The van der Waals surface area contributed by atoms with Crippen LogP contribution in [-0.4, -0.2) is 23.6 Å². The van der Waals surface area contributed by atoms with Crippen molar-refractivity contribution in [3.63, 3.8) is 0 Å². The van der Waals surface area contributed by atoms with E-state index >= 15 is 0 Å². The Morgan fingerprint density at radius 3 is 2.25 bits per heavy atom. The molecule has 0 heterocycles. The van der Waals surface area contributed by atoms with Gasteiger partial charge in [-0.1, -0.05) is 0 Å². The summed E-state index contributed by atoms with van der Waals surface area (Å²) in [6.07, 6.45) is -3.59. The van der Waals surface area contributed by atoms with Crippen LogP contribution in [0.1, 0.15) is 6.42 Å². The Hall–Kier alpha value is 0.330. The summed E-state index contributed by atoms with van der Waals surface area (Å²) in [7, 11) is 0. The van der Waals surface area contributed by atoms with Gasteiger partial charge in [-0.05, 0) is 6.42 Å². The Kier molecular flexibility index (Phi) is 2.81. The molecule has 1 fully saturated rings. The van der Waals surface area contributed by atoms with Crippen molar-refractivity contribution in [1.29, 1.82) is 0 Å². The van der Waals surface area contributed by atoms with E-state index in [0.29, 0.717) is 6.42 Å². The number of nitrogens with one attached hydrogen (secondary N) is 1. The fraction of sp³-hybridized carbons (Fsp3) is 1.00. The molecule has 12 heavy (non-hydrogen) atoms. The molecule has 6 heteroatoms. The molecule has 0 amide bonds. The summed E-state index contributed by atoms with van der Waals surface area (Å²) in [4.78, 5) is 0. The van der Waals surface area contributed by atoms with Gasteiger partial charge in [0.15, 0.2) is 0 Å². The molecule has 1 saturated carbocycles. The smallest absolute Gasteiger partial charge is 0.308 e. The highest BCUT2D eigenvalue weighted by molar-refractivity contribution is 6.50. The first kappa shape index (κ1) is 10.4. The predicted molar refractivity (Wildman–Crippen MR) is 41.5 cm³/mol. The first-order valence-electron chi connectivity index (χ1n) is 3.46. The topological polar surface area (TPSA) is 12.0 Å². The van der Waals surface area contributed by atoms with Crippen LogP contribution in [0.5, 0.6) is 0 Å². The van der Waals surface area contributed by atoms with Crippen molar-refractivity contribution in [1.82, 2.24) is 5.32 Å². The number of halogens is 5. The summed E-state index contributed by atoms with van der Waals surface area (Å²) in [5, 5.41) is 2.25. The second-order valence-corrected chi connectivity index (χ2v) is 4.45. The molecular formula is C6H8Cl2F3N. The lowest BCUT2D eigenvalue weighted by molar-refractivity contribution is -0.124. The van der Waals surface area contributed by atoms with Crippen molar-refractivity contribution in [2.75, 3.05) is 13.1 Å². The summed E-state index contributed by atoms with van der Waals surface area (Å²) in [5.74, 6) is -0.0387. The Morgan fingerprint density at radius 1 is 1.42 bits per heavy atom. The summed E-state index contributed by atoms with van der Waals surface area (Å²) < 4.78 is 34.0. The zero-order valence-electron chi connectivity index (χ0n) is 6.09. The average molecular weight is 222 g/mol. The minimum Gasteiger partial charge on any atom is -0.308 e. The van der Waals surface area contributed by atoms with Crippen molar-refractivity contribution in [2.45, 2.75) is 16.9 Å². The van der Waals surface area contributed by atoms with E-state index in [1.54, 1.807) is 0 Å². The minimum atomic E-state index is -4.16. The Balaban J connectivity index is 2.05. The van der Waals surface area contributed by atoms with Gasteiger partial charge in [-0.3, -0.25) is 0 Å². The molecule has 0 aromatic rings. The van der Waals surface area contributed by atoms with E-state index < -0.39 is 17.1 Å². The fourth-order valence-corrected chi connectivity index (χ4v) is 1.41. The zero-order valence-corrected chi connectivity index (χ0v) is 7.60. The van der Waals surface area contributed by atoms with Crippen LogP contribution in [0.3, 0.4) is 0 Å². The van der Waals surface area contributed by atoms with Crippen LogP contribution in [0.2, 0.25) is 0 Å². The fourth-order valence-electron chi connectivity index (χ4n) is 0.879. The number of alkyl halides is 5. The Labute approximate surface area is 78.2 Å². The molecule has 0 aromatic carbocycles. The van der Waals surface area contributed by atoms with Gasteiger partial charge in [-0.25, -0.2) is 0 Å². The summed E-state index contributed by atoms with van der Waals surface area (Å²) in [6.45, 7) is -0.750. The van der Waals surface area contributed by atoms with E-state index in [0.717, 1.165) is 0 Å². The molecule has 0 radical (unpaired) electrons. The van der Waals surface area contributed by atoms with Gasteiger partial charge in [0.1, 0.15) is 4.33 Å². The molecule has 1 nitrogen and oxygen atoms in total. The van der Waals surface area contributed by atoms with Gasteiger partial charge in [-0.2, -0.15) is 13.2 Å². The van der Waals surface area contributed by atoms with Gasteiger partial charge in [0, 0.05) is 12.5 Å². The summed E-state index contributed by atoms with van der Waals surface area (Å²) in [6, 6.07) is 0. The second kappa shape index (κ2) is 3.24. The molecule has 1 rings (SSSR count). The third-order valence-corrected chi connectivity index (χ3v) is 2.60. The third-order valence-electron chi connectivity index (χ3n) is 1.67. The van der Waals surface area contributed by atoms with Crippen LogP contribution in [-0.2, 0) is 0 Å². The maximum atomic E-state index is 11.6. The van der Waals surface area contributed by atoms with E-state index in [2.05, 4.69) is 5.32 Å². The van der Waals surface area contributed by atoms with Crippen LogP contribution < -0.4 is 5.32 Å². The van der Waals surface area contributed by atoms with Crippen molar-refractivity contribution >= 4 is 23.2 Å². The lowest BCUT2D eigenvalue weighted by Gasteiger charge is -2.07. The van der Waals surface area contributed by atoms with Crippen molar-refractivity contribution in [3.05, 3.63) is 0 Å². The van der Waals surface area contributed by atoms with Gasteiger partial charge in [-0.15, -0.1) is 23.2 Å². The molecule has 0 saturated heterocycles. The highest BCUT2D eigenvalue weighted by Gasteiger charge is 2.51. The maximum Gasteiger partial charge on any atom is 0.401 e. The summed E-state index contributed by atoms with van der Waals surface area (Å²) in [5.41, 5.74) is 0. The van der Waals surface area contributed by atoms with Gasteiger partial charge in [0.2, 0.25) is 0 Å². The first-order chi connectivity index (χ1) is 5.31. The molecule has 0 spiro atoms. The highest BCUT2D eigenvalue weighted by Crippen LogP contribution is 2.52. The summed E-state index contributed by atoms with van der Waals surface area (Å²) >= 11 is 11.2. The highest BCUT2D eigenvalue weighted by atomic mass is 35.5. The SMILES string of the molecule is FC(F)(F)CNCC1CC1(Cl)Cl. The van der Waals surface area contributed by atoms with E-state index in [1.807, 2.05) is 0 Å². The molecule has 0 aliphatic heterocycles. The van der Waals surface area contributed by atoms with Gasteiger partial charge < -0.3 is 5.32 Å². The van der Waals surface area contributed by atoms with Crippen molar-refractivity contribution in [3.8, 4) is 0 Å². The molecule has 0 aromatic heterocycles. The quantitative estimate of drug-likeness (QED) is 0.722. The van der Waals surface area contributed by atoms with E-state index in [9.17, 15) is 13.2 Å². The molecule has 1 unspecified atom stereocenters. The van der Waals surface area contributed by atoms with Crippen LogP contribution in [0.15, 0.2) is 0 Å². The molecule has 1 aliphatic rings. The van der Waals surface area contributed by atoms with Gasteiger partial charge in [0.05, 0.1) is 6.54 Å². The van der Waals surface area contributed by atoms with E-state index in [-0.39, 0.29) is 12.5 Å². The molecule has 1 aliphatic carbocycles. The number of hydrogen-bond donors (Lipinski definition) is 1. The molecule has 72 valence electrons. The Bertz CT molecular complexity index is 169. The number of rotatable bonds is 3. The molecular weight excluding hydrogens is 214 g/mol. The lowest BCUT2D eigenvalue weighted by Crippen LogP contribution is -2.30. The van der Waals surface area contributed by atoms with Gasteiger partial charge >= 0.3 is 6.18 Å². The van der Waals surface area contributed by atoms with E-state index in [4.69, 9.17) is 23.2 Å². The molecule has 0 bridgehead atoms. The van der Waals surface area contributed by atoms with E-state index in [1.165, 1.54) is 0 Å². The standard InChI is InChI=1S/C6H8Cl2F3N/c7-5(8)1-4(5)2-12-3-6(9,10)11/h4,12H,1-3H2. The Morgan fingerprint density at radius 2 is 1.92 bits per heavy atom.